The predicted molar refractivity (Wildman–Crippen MR) is 76.4 cm³/mol. The first kappa shape index (κ1) is 16.8. The fourth-order valence-corrected chi connectivity index (χ4v) is 3.09. The van der Waals surface area contributed by atoms with Gasteiger partial charge in [-0.3, -0.25) is 9.69 Å². The Balaban J connectivity index is 2.15. The largest absolute Gasteiger partial charge is 0.481 e. The summed E-state index contributed by atoms with van der Waals surface area (Å²) in [6.45, 7) is 3.20. The Bertz CT molecular complexity index is 513. The fraction of sp³-hybridized carbons (Fsp3) is 0.562. The van der Waals surface area contributed by atoms with Gasteiger partial charge in [-0.15, -0.1) is 0 Å². The molecule has 1 fully saturated rings. The summed E-state index contributed by atoms with van der Waals surface area (Å²) in [5.74, 6) is -1.19. The highest BCUT2D eigenvalue weighted by Gasteiger charge is 2.32. The van der Waals surface area contributed by atoms with Crippen molar-refractivity contribution in [2.24, 2.45) is 5.92 Å². The molecule has 2 rings (SSSR count). The van der Waals surface area contributed by atoms with Crippen molar-refractivity contribution >= 4 is 5.97 Å². The second-order valence-electron chi connectivity index (χ2n) is 5.72. The van der Waals surface area contributed by atoms with Crippen LogP contribution in [0.4, 0.5) is 13.2 Å². The highest BCUT2D eigenvalue weighted by atomic mass is 19.4. The zero-order chi connectivity index (χ0) is 16.3. The molecule has 1 heterocycles. The maximum absolute atomic E-state index is 12.6. The number of hydrogen-bond donors (Lipinski definition) is 1. The number of piperidine rings is 1. The Morgan fingerprint density at radius 3 is 2.50 bits per heavy atom. The van der Waals surface area contributed by atoms with E-state index in [1.165, 1.54) is 12.1 Å². The standard InChI is InChI=1S/C16H20F3NO2/c1-2-14(20-9-3-4-12(10-20)15(21)22)11-5-7-13(8-6-11)16(17,18)19/h5-8,12,14H,2-4,9-10H2,1H3,(H,21,22)/t12-,14-/m0/s1. The molecular weight excluding hydrogens is 295 g/mol. The minimum Gasteiger partial charge on any atom is -0.481 e. The van der Waals surface area contributed by atoms with Crippen molar-refractivity contribution in [3.63, 3.8) is 0 Å². The topological polar surface area (TPSA) is 40.5 Å². The first-order valence-electron chi connectivity index (χ1n) is 7.47. The molecule has 0 bridgehead atoms. The summed E-state index contributed by atoms with van der Waals surface area (Å²) >= 11 is 0. The third-order valence-electron chi connectivity index (χ3n) is 4.25. The lowest BCUT2D eigenvalue weighted by molar-refractivity contribution is -0.144. The van der Waals surface area contributed by atoms with Crippen LogP contribution in [0.1, 0.15) is 43.4 Å². The number of carboxylic acid groups (broad SMARTS) is 1. The normalized spacial score (nSPS) is 21.5. The molecule has 1 N–H and O–H groups in total. The van der Waals surface area contributed by atoms with E-state index in [9.17, 15) is 18.0 Å². The van der Waals surface area contributed by atoms with Crippen LogP contribution in [0.2, 0.25) is 0 Å². The smallest absolute Gasteiger partial charge is 0.416 e. The average molecular weight is 315 g/mol. The van der Waals surface area contributed by atoms with Gasteiger partial charge in [0.2, 0.25) is 0 Å². The second kappa shape index (κ2) is 6.69. The van der Waals surface area contributed by atoms with E-state index in [1.807, 2.05) is 6.92 Å². The van der Waals surface area contributed by atoms with Crippen LogP contribution in [-0.2, 0) is 11.0 Å². The van der Waals surface area contributed by atoms with Crippen LogP contribution >= 0.6 is 0 Å². The van der Waals surface area contributed by atoms with Crippen molar-refractivity contribution in [3.8, 4) is 0 Å². The van der Waals surface area contributed by atoms with Gasteiger partial charge in [0.25, 0.3) is 0 Å². The summed E-state index contributed by atoms with van der Waals surface area (Å²) in [4.78, 5) is 13.2. The summed E-state index contributed by atoms with van der Waals surface area (Å²) in [6, 6.07) is 5.15. The van der Waals surface area contributed by atoms with Crippen LogP contribution in [0.3, 0.4) is 0 Å². The van der Waals surface area contributed by atoms with Crippen LogP contribution in [-0.4, -0.2) is 29.1 Å². The first-order valence-corrected chi connectivity index (χ1v) is 7.47. The number of hydrogen-bond acceptors (Lipinski definition) is 2. The molecule has 0 amide bonds. The van der Waals surface area contributed by atoms with Gasteiger partial charge in [-0.2, -0.15) is 13.2 Å². The van der Waals surface area contributed by atoms with Gasteiger partial charge in [0.15, 0.2) is 0 Å². The minimum atomic E-state index is -4.33. The molecule has 1 saturated heterocycles. The maximum atomic E-state index is 12.6. The molecule has 1 aliphatic rings. The van der Waals surface area contributed by atoms with Gasteiger partial charge in [0, 0.05) is 12.6 Å². The zero-order valence-electron chi connectivity index (χ0n) is 12.4. The van der Waals surface area contributed by atoms with Crippen LogP contribution in [0.25, 0.3) is 0 Å². The first-order chi connectivity index (χ1) is 10.3. The van der Waals surface area contributed by atoms with E-state index in [0.717, 1.165) is 37.1 Å². The molecule has 1 aliphatic heterocycles. The Labute approximate surface area is 127 Å². The SMILES string of the molecule is CC[C@@H](c1ccc(C(F)(F)F)cc1)N1CCC[C@H](C(=O)O)C1. The van der Waals surface area contributed by atoms with E-state index >= 15 is 0 Å². The summed E-state index contributed by atoms with van der Waals surface area (Å²) in [5, 5.41) is 9.16. The summed E-state index contributed by atoms with van der Waals surface area (Å²) in [5.41, 5.74) is 0.148. The molecule has 6 heteroatoms. The van der Waals surface area contributed by atoms with Gasteiger partial charge >= 0.3 is 12.1 Å². The molecular formula is C16H20F3NO2. The van der Waals surface area contributed by atoms with E-state index in [1.54, 1.807) is 0 Å². The fourth-order valence-electron chi connectivity index (χ4n) is 3.09. The molecule has 22 heavy (non-hydrogen) atoms. The molecule has 1 aromatic rings. The Hall–Kier alpha value is -1.56. The third kappa shape index (κ3) is 3.80. The van der Waals surface area contributed by atoms with Crippen molar-refractivity contribution in [1.82, 2.24) is 4.90 Å². The van der Waals surface area contributed by atoms with Crippen LogP contribution in [0, 0.1) is 5.92 Å². The number of aliphatic carboxylic acids is 1. The number of benzene rings is 1. The van der Waals surface area contributed by atoms with Crippen LogP contribution < -0.4 is 0 Å². The second-order valence-corrected chi connectivity index (χ2v) is 5.72. The Morgan fingerprint density at radius 1 is 1.36 bits per heavy atom. The molecule has 2 atom stereocenters. The van der Waals surface area contributed by atoms with Crippen molar-refractivity contribution in [1.29, 1.82) is 0 Å². The van der Waals surface area contributed by atoms with Crippen molar-refractivity contribution in [3.05, 3.63) is 35.4 Å². The van der Waals surface area contributed by atoms with Crippen molar-refractivity contribution in [2.45, 2.75) is 38.4 Å². The molecule has 3 nitrogen and oxygen atoms in total. The Kier molecular flexibility index (Phi) is 5.11. The predicted octanol–water partition coefficient (Wildman–Crippen LogP) is 3.95. The highest BCUT2D eigenvalue weighted by molar-refractivity contribution is 5.70. The van der Waals surface area contributed by atoms with Crippen molar-refractivity contribution < 1.29 is 23.1 Å². The highest BCUT2D eigenvalue weighted by Crippen LogP contribution is 2.33. The Morgan fingerprint density at radius 2 is 2.00 bits per heavy atom. The number of halogens is 3. The molecule has 0 saturated carbocycles. The number of rotatable bonds is 4. The van der Waals surface area contributed by atoms with E-state index < -0.39 is 23.6 Å². The van der Waals surface area contributed by atoms with E-state index in [4.69, 9.17) is 5.11 Å². The summed E-state index contributed by atoms with van der Waals surface area (Å²) in [7, 11) is 0. The van der Waals surface area contributed by atoms with Gasteiger partial charge in [-0.1, -0.05) is 19.1 Å². The monoisotopic (exact) mass is 315 g/mol. The van der Waals surface area contributed by atoms with Gasteiger partial charge < -0.3 is 5.11 Å². The van der Waals surface area contributed by atoms with Gasteiger partial charge in [0.1, 0.15) is 0 Å². The number of carbonyl (C=O) groups is 1. The lowest BCUT2D eigenvalue weighted by Crippen LogP contribution is -2.40. The zero-order valence-corrected chi connectivity index (χ0v) is 12.4. The molecule has 0 aromatic heterocycles. The number of nitrogens with zero attached hydrogens (tertiary/aromatic N) is 1. The van der Waals surface area contributed by atoms with E-state index in [0.29, 0.717) is 13.0 Å². The lowest BCUT2D eigenvalue weighted by Gasteiger charge is -2.37. The van der Waals surface area contributed by atoms with E-state index in [-0.39, 0.29) is 6.04 Å². The average Bonchev–Trinajstić information content (AvgIpc) is 2.48. The molecule has 0 aliphatic carbocycles. The number of likely N-dealkylation sites (tertiary alicyclic amines) is 1. The van der Waals surface area contributed by atoms with Crippen molar-refractivity contribution in [2.75, 3.05) is 13.1 Å². The molecule has 122 valence electrons. The van der Waals surface area contributed by atoms with Crippen LogP contribution in [0.5, 0.6) is 0 Å². The van der Waals surface area contributed by atoms with E-state index in [2.05, 4.69) is 4.90 Å². The van der Waals surface area contributed by atoms with Crippen LogP contribution in [0.15, 0.2) is 24.3 Å². The van der Waals surface area contributed by atoms with Gasteiger partial charge in [-0.05, 0) is 43.5 Å². The summed E-state index contributed by atoms with van der Waals surface area (Å²) < 4.78 is 37.9. The molecule has 0 unspecified atom stereocenters. The maximum Gasteiger partial charge on any atom is 0.416 e. The molecule has 0 spiro atoms. The van der Waals surface area contributed by atoms with Gasteiger partial charge in [-0.25, -0.2) is 0 Å². The molecule has 1 aromatic carbocycles. The summed E-state index contributed by atoms with van der Waals surface area (Å²) in [6.07, 6.45) is -2.14. The number of carboxylic acids is 1. The third-order valence-corrected chi connectivity index (χ3v) is 4.25. The lowest BCUT2D eigenvalue weighted by atomic mass is 9.93. The minimum absolute atomic E-state index is 0.0376. The van der Waals surface area contributed by atoms with Gasteiger partial charge in [0.05, 0.1) is 11.5 Å². The quantitative estimate of drug-likeness (QED) is 0.914. The molecule has 0 radical (unpaired) electrons. The number of alkyl halides is 3.